The Labute approximate surface area is 145 Å². The van der Waals surface area contributed by atoms with E-state index in [4.69, 9.17) is 4.55 Å². The van der Waals surface area contributed by atoms with Crippen LogP contribution in [0.15, 0.2) is 35.2 Å². The zero-order valence-electron chi connectivity index (χ0n) is 10.5. The van der Waals surface area contributed by atoms with Crippen LogP contribution in [0.1, 0.15) is 5.71 Å². The summed E-state index contributed by atoms with van der Waals surface area (Å²) in [7, 11) is -4.00. The summed E-state index contributed by atoms with van der Waals surface area (Å²) in [6.45, 7) is 0. The van der Waals surface area contributed by atoms with Gasteiger partial charge < -0.3 is 5.71 Å². The minimum absolute atomic E-state index is 0. The second kappa shape index (κ2) is 7.20. The number of benzene rings is 1. The van der Waals surface area contributed by atoms with Crippen LogP contribution in [-0.2, 0) is 10.1 Å². The Bertz CT molecular complexity index is 324. The molecule has 0 saturated heterocycles. The molecule has 62 valence electrons. The van der Waals surface area contributed by atoms with Gasteiger partial charge in [0.05, 0.1) is 4.90 Å². The molecule has 0 aliphatic rings. The van der Waals surface area contributed by atoms with E-state index in [1.807, 2.05) is 0 Å². The van der Waals surface area contributed by atoms with Gasteiger partial charge in [0.15, 0.2) is 0 Å². The molecule has 1 N–H and O–H groups in total. The summed E-state index contributed by atoms with van der Waals surface area (Å²) in [5, 5.41) is 0. The molecule has 0 aromatic heterocycles. The maximum atomic E-state index is 10.4. The molecule has 0 aliphatic carbocycles. The van der Waals surface area contributed by atoms with Gasteiger partial charge in [-0.25, -0.2) is 0 Å². The second-order valence-corrected chi connectivity index (χ2v) is 3.21. The zero-order valence-corrected chi connectivity index (χ0v) is 13.0. The molecular weight excluding hydrogens is 280 g/mol. The molecule has 6 heteroatoms. The van der Waals surface area contributed by atoms with Crippen molar-refractivity contribution in [2.45, 2.75) is 4.90 Å². The van der Waals surface area contributed by atoms with Gasteiger partial charge in [-0.15, -0.1) is 0 Å². The molecule has 0 radical (unpaired) electrons. The number of rotatable bonds is 1. The van der Waals surface area contributed by atoms with Gasteiger partial charge in [-0.05, 0) is 12.1 Å². The Morgan fingerprint density at radius 3 is 1.83 bits per heavy atom. The first-order valence-electron chi connectivity index (χ1n) is 2.63. The Kier molecular flexibility index (Phi) is 9.78. The summed E-state index contributed by atoms with van der Waals surface area (Å²) in [4.78, 5) is -0.0741. The first-order chi connectivity index (χ1) is 4.61. The Balaban J connectivity index is -0.0000000417. The third-order valence-corrected chi connectivity index (χ3v) is 1.91. The molecule has 1 rings (SSSR count). The van der Waals surface area contributed by atoms with E-state index in [1.54, 1.807) is 18.2 Å². The van der Waals surface area contributed by atoms with Crippen LogP contribution in [0.4, 0.5) is 0 Å². The second-order valence-electron chi connectivity index (χ2n) is 1.79. The predicted molar refractivity (Wildman–Crippen MR) is 52.2 cm³/mol. The van der Waals surface area contributed by atoms with Crippen LogP contribution in [0.3, 0.4) is 0 Å². The molecule has 0 amide bonds. The summed E-state index contributed by atoms with van der Waals surface area (Å²) in [5.74, 6) is 0. The average molecular weight is 290 g/mol. The molecule has 0 aliphatic heterocycles. The standard InChI is InChI=1S/C6H6O3S.Ca.Sr.4H/c7-10(8,9)6-4-2-1-3-5-6;;;;;;/h1-5H,(H,7,8,9);;;;;;/q;2*+2;4*-1. The van der Waals surface area contributed by atoms with Gasteiger partial charge in [0.1, 0.15) is 0 Å². The van der Waals surface area contributed by atoms with Crippen LogP contribution in [0.25, 0.3) is 0 Å². The Hall–Kier alpha value is 1.87. The van der Waals surface area contributed by atoms with Gasteiger partial charge in [-0.2, -0.15) is 8.42 Å². The third kappa shape index (κ3) is 5.57. The fourth-order valence-electron chi connectivity index (χ4n) is 0.592. The molecule has 0 spiro atoms. The zero-order chi connectivity index (χ0) is 7.61. The van der Waals surface area contributed by atoms with E-state index < -0.39 is 10.1 Å². The van der Waals surface area contributed by atoms with Crippen molar-refractivity contribution in [2.24, 2.45) is 0 Å². The van der Waals surface area contributed by atoms with Crippen molar-refractivity contribution in [3.63, 3.8) is 0 Å². The first kappa shape index (κ1) is 16.3. The molecule has 0 saturated carbocycles. The van der Waals surface area contributed by atoms with Gasteiger partial charge in [-0.3, -0.25) is 4.55 Å². The average Bonchev–Trinajstić information content (AvgIpc) is 1.88. The molecule has 1 aromatic carbocycles. The van der Waals surface area contributed by atoms with Crippen LogP contribution >= 0.6 is 0 Å². The van der Waals surface area contributed by atoms with Gasteiger partial charge in [0.25, 0.3) is 10.1 Å². The topological polar surface area (TPSA) is 54.4 Å². The molecule has 0 unspecified atom stereocenters. The summed E-state index contributed by atoms with van der Waals surface area (Å²) < 4.78 is 29.2. The van der Waals surface area contributed by atoms with E-state index in [2.05, 4.69) is 0 Å². The van der Waals surface area contributed by atoms with Crippen molar-refractivity contribution < 1.29 is 18.7 Å². The maximum Gasteiger partial charge on any atom is 2.00 e. The van der Waals surface area contributed by atoms with Crippen molar-refractivity contribution >= 4 is 93.3 Å². The van der Waals surface area contributed by atoms with E-state index in [0.717, 1.165) is 0 Å². The fourth-order valence-corrected chi connectivity index (χ4v) is 1.09. The van der Waals surface area contributed by atoms with E-state index in [-0.39, 0.29) is 93.8 Å². The summed E-state index contributed by atoms with van der Waals surface area (Å²) >= 11 is 0. The van der Waals surface area contributed by atoms with Crippen LogP contribution in [-0.4, -0.2) is 96.2 Å². The summed E-state index contributed by atoms with van der Waals surface area (Å²) in [6.07, 6.45) is 0. The Morgan fingerprint density at radius 1 is 1.17 bits per heavy atom. The molecule has 1 aromatic rings. The van der Waals surface area contributed by atoms with Crippen LogP contribution < -0.4 is 0 Å². The van der Waals surface area contributed by atoms with Crippen molar-refractivity contribution in [3.05, 3.63) is 30.3 Å². The number of hydrogen-bond acceptors (Lipinski definition) is 2. The smallest absolute Gasteiger partial charge is 1.00 e. The first-order valence-corrected chi connectivity index (χ1v) is 4.07. The monoisotopic (exact) mass is 290 g/mol. The predicted octanol–water partition coefficient (Wildman–Crippen LogP) is 0.622. The van der Waals surface area contributed by atoms with E-state index in [0.29, 0.717) is 0 Å². The van der Waals surface area contributed by atoms with Crippen molar-refractivity contribution in [3.8, 4) is 0 Å². The molecule has 3 nitrogen and oxygen atoms in total. The van der Waals surface area contributed by atoms with Crippen LogP contribution in [0, 0.1) is 0 Å². The quantitative estimate of drug-likeness (QED) is 0.609. The van der Waals surface area contributed by atoms with E-state index in [1.165, 1.54) is 12.1 Å². The van der Waals surface area contributed by atoms with Crippen LogP contribution in [0.5, 0.6) is 0 Å². The summed E-state index contributed by atoms with van der Waals surface area (Å²) in [6, 6.07) is 7.42. The van der Waals surface area contributed by atoms with Crippen molar-refractivity contribution in [1.82, 2.24) is 0 Å². The third-order valence-electron chi connectivity index (χ3n) is 1.04. The SMILES string of the molecule is O=S(=O)(O)c1ccccc1.[Ca+2].[H-].[H-].[H-].[H-].[Sr+2]. The molecule has 0 heterocycles. The molecule has 0 atom stereocenters. The normalized spacial score (nSPS) is 9.42. The van der Waals surface area contributed by atoms with E-state index in [9.17, 15) is 8.42 Å². The minimum Gasteiger partial charge on any atom is -1.00 e. The van der Waals surface area contributed by atoms with Crippen molar-refractivity contribution in [1.29, 1.82) is 0 Å². The molecule has 12 heavy (non-hydrogen) atoms. The van der Waals surface area contributed by atoms with Gasteiger partial charge in [0, 0.05) is 0 Å². The molecular formula is C6H10CaO3SSr. The largest absolute Gasteiger partial charge is 2.00 e. The van der Waals surface area contributed by atoms with Gasteiger partial charge >= 0.3 is 83.2 Å². The minimum atomic E-state index is -4.00. The van der Waals surface area contributed by atoms with E-state index >= 15 is 0 Å². The summed E-state index contributed by atoms with van der Waals surface area (Å²) in [5.41, 5.74) is 0. The molecule has 0 fully saturated rings. The van der Waals surface area contributed by atoms with Crippen LogP contribution in [0.2, 0.25) is 0 Å². The van der Waals surface area contributed by atoms with Gasteiger partial charge in [-0.1, -0.05) is 18.2 Å². The van der Waals surface area contributed by atoms with Crippen molar-refractivity contribution in [2.75, 3.05) is 0 Å². The Morgan fingerprint density at radius 2 is 1.58 bits per heavy atom. The number of hydrogen-bond donors (Lipinski definition) is 1. The fraction of sp³-hybridized carbons (Fsp3) is 0. The van der Waals surface area contributed by atoms with Gasteiger partial charge in [0.2, 0.25) is 0 Å². The molecule has 0 bridgehead atoms. The maximum absolute atomic E-state index is 10.4.